The molecule has 1 fully saturated rings. The second kappa shape index (κ2) is 5.82. The molecule has 0 bridgehead atoms. The molecule has 2 rings (SSSR count). The molecule has 4 N–H and O–H groups in total. The van der Waals surface area contributed by atoms with Crippen LogP contribution in [0.25, 0.3) is 0 Å². The molecule has 5 nitrogen and oxygen atoms in total. The van der Waals surface area contributed by atoms with E-state index < -0.39 is 0 Å². The number of nitrogen functional groups attached to an aromatic ring is 1. The Morgan fingerprint density at radius 3 is 2.78 bits per heavy atom. The van der Waals surface area contributed by atoms with Crippen LogP contribution in [0.5, 0.6) is 0 Å². The zero-order valence-electron chi connectivity index (χ0n) is 10.6. The molecule has 1 saturated carbocycles. The van der Waals surface area contributed by atoms with Crippen molar-refractivity contribution in [3.05, 3.63) is 24.0 Å². The molecule has 18 heavy (non-hydrogen) atoms. The van der Waals surface area contributed by atoms with E-state index in [4.69, 9.17) is 5.84 Å². The third kappa shape index (κ3) is 3.20. The molecule has 1 amide bonds. The number of rotatable bonds is 3. The lowest BCUT2D eigenvalue weighted by Gasteiger charge is -2.26. The standard InChI is InChI=1S/C13H20N4O/c1-9-2-4-10(5-3-9)16-13(18)12-8-11(17-14)6-7-15-12/h6-10H,2-5,14H2,1H3,(H,15,17)(H,16,18). The molecule has 1 aromatic heterocycles. The SMILES string of the molecule is CC1CCC(NC(=O)c2cc(NN)ccn2)CC1. The van der Waals surface area contributed by atoms with E-state index in [1.165, 1.54) is 12.8 Å². The molecule has 98 valence electrons. The van der Waals surface area contributed by atoms with Crippen molar-refractivity contribution >= 4 is 11.6 Å². The summed E-state index contributed by atoms with van der Waals surface area (Å²) in [5.41, 5.74) is 3.61. The predicted molar refractivity (Wildman–Crippen MR) is 70.9 cm³/mol. The Morgan fingerprint density at radius 2 is 2.11 bits per heavy atom. The fourth-order valence-corrected chi connectivity index (χ4v) is 2.31. The summed E-state index contributed by atoms with van der Waals surface area (Å²) in [4.78, 5) is 16.1. The van der Waals surface area contributed by atoms with Gasteiger partial charge in [-0.1, -0.05) is 6.92 Å². The number of hydrogen-bond donors (Lipinski definition) is 3. The summed E-state index contributed by atoms with van der Waals surface area (Å²) in [7, 11) is 0. The van der Waals surface area contributed by atoms with Gasteiger partial charge in [0.05, 0.1) is 5.69 Å². The van der Waals surface area contributed by atoms with Crippen LogP contribution in [0.3, 0.4) is 0 Å². The Balaban J connectivity index is 1.94. The summed E-state index contributed by atoms with van der Waals surface area (Å²) < 4.78 is 0. The molecule has 0 aromatic carbocycles. The summed E-state index contributed by atoms with van der Waals surface area (Å²) in [6.45, 7) is 2.26. The highest BCUT2D eigenvalue weighted by molar-refractivity contribution is 5.93. The van der Waals surface area contributed by atoms with Crippen LogP contribution in [-0.2, 0) is 0 Å². The average molecular weight is 248 g/mol. The lowest BCUT2D eigenvalue weighted by atomic mass is 9.87. The van der Waals surface area contributed by atoms with E-state index in [-0.39, 0.29) is 11.9 Å². The van der Waals surface area contributed by atoms with E-state index in [0.717, 1.165) is 18.8 Å². The zero-order valence-corrected chi connectivity index (χ0v) is 10.6. The van der Waals surface area contributed by atoms with Gasteiger partial charge in [0.15, 0.2) is 0 Å². The normalized spacial score (nSPS) is 23.4. The maximum Gasteiger partial charge on any atom is 0.270 e. The van der Waals surface area contributed by atoms with Gasteiger partial charge in [0.25, 0.3) is 5.91 Å². The number of amides is 1. The van der Waals surface area contributed by atoms with Gasteiger partial charge in [-0.05, 0) is 43.7 Å². The minimum Gasteiger partial charge on any atom is -0.348 e. The fourth-order valence-electron chi connectivity index (χ4n) is 2.31. The van der Waals surface area contributed by atoms with Gasteiger partial charge >= 0.3 is 0 Å². The van der Waals surface area contributed by atoms with Gasteiger partial charge < -0.3 is 10.7 Å². The van der Waals surface area contributed by atoms with Gasteiger partial charge in [-0.3, -0.25) is 15.6 Å². The highest BCUT2D eigenvalue weighted by Gasteiger charge is 2.20. The van der Waals surface area contributed by atoms with E-state index >= 15 is 0 Å². The molecular weight excluding hydrogens is 228 g/mol. The largest absolute Gasteiger partial charge is 0.348 e. The van der Waals surface area contributed by atoms with Crippen molar-refractivity contribution < 1.29 is 4.79 Å². The molecule has 0 aliphatic heterocycles. The van der Waals surface area contributed by atoms with Crippen molar-refractivity contribution in [1.29, 1.82) is 0 Å². The second-order valence-corrected chi connectivity index (χ2v) is 5.00. The number of pyridine rings is 1. The number of aromatic nitrogens is 1. The first-order valence-corrected chi connectivity index (χ1v) is 6.42. The first-order valence-electron chi connectivity index (χ1n) is 6.42. The molecule has 1 heterocycles. The number of hydrogen-bond acceptors (Lipinski definition) is 4. The molecule has 0 radical (unpaired) electrons. The number of carbonyl (C=O) groups excluding carboxylic acids is 1. The van der Waals surface area contributed by atoms with Crippen molar-refractivity contribution in [2.24, 2.45) is 11.8 Å². The fraction of sp³-hybridized carbons (Fsp3) is 0.538. The maximum absolute atomic E-state index is 12.0. The summed E-state index contributed by atoms with van der Waals surface area (Å²) >= 11 is 0. The number of anilines is 1. The van der Waals surface area contributed by atoms with Crippen LogP contribution in [0.2, 0.25) is 0 Å². The van der Waals surface area contributed by atoms with Crippen LogP contribution in [0.1, 0.15) is 43.1 Å². The van der Waals surface area contributed by atoms with Gasteiger partial charge in [0.1, 0.15) is 5.69 Å². The van der Waals surface area contributed by atoms with Crippen LogP contribution >= 0.6 is 0 Å². The van der Waals surface area contributed by atoms with Crippen molar-refractivity contribution in [2.75, 3.05) is 5.43 Å². The lowest BCUT2D eigenvalue weighted by Crippen LogP contribution is -2.37. The second-order valence-electron chi connectivity index (χ2n) is 5.00. The molecule has 0 saturated heterocycles. The average Bonchev–Trinajstić information content (AvgIpc) is 2.41. The van der Waals surface area contributed by atoms with Crippen molar-refractivity contribution in [3.8, 4) is 0 Å². The van der Waals surface area contributed by atoms with Gasteiger partial charge in [0, 0.05) is 12.2 Å². The van der Waals surface area contributed by atoms with Crippen molar-refractivity contribution in [2.45, 2.75) is 38.6 Å². The Kier molecular flexibility index (Phi) is 4.15. The van der Waals surface area contributed by atoms with E-state index in [1.54, 1.807) is 18.3 Å². The highest BCUT2D eigenvalue weighted by atomic mass is 16.1. The molecule has 5 heteroatoms. The van der Waals surface area contributed by atoms with Crippen molar-refractivity contribution in [3.63, 3.8) is 0 Å². The maximum atomic E-state index is 12.0. The Bertz CT molecular complexity index is 413. The smallest absolute Gasteiger partial charge is 0.270 e. The first kappa shape index (κ1) is 12.8. The Hall–Kier alpha value is -1.62. The summed E-state index contributed by atoms with van der Waals surface area (Å²) in [6.07, 6.45) is 6.06. The van der Waals surface area contributed by atoms with Gasteiger partial charge in [-0.2, -0.15) is 0 Å². The number of nitrogens with one attached hydrogen (secondary N) is 2. The van der Waals surface area contributed by atoms with E-state index in [9.17, 15) is 4.79 Å². The van der Waals surface area contributed by atoms with E-state index in [1.807, 2.05) is 0 Å². The molecular formula is C13H20N4O. The van der Waals surface area contributed by atoms with Crippen LogP contribution in [0.15, 0.2) is 18.3 Å². The summed E-state index contributed by atoms with van der Waals surface area (Å²) in [6, 6.07) is 3.66. The van der Waals surface area contributed by atoms with E-state index in [2.05, 4.69) is 22.7 Å². The Labute approximate surface area is 107 Å². The number of nitrogens with two attached hydrogens (primary N) is 1. The molecule has 1 aromatic rings. The van der Waals surface area contributed by atoms with Crippen LogP contribution in [-0.4, -0.2) is 16.9 Å². The number of carbonyl (C=O) groups is 1. The predicted octanol–water partition coefficient (Wildman–Crippen LogP) is 1.68. The lowest BCUT2D eigenvalue weighted by molar-refractivity contribution is 0.0918. The summed E-state index contributed by atoms with van der Waals surface area (Å²) in [5, 5.41) is 3.04. The minimum absolute atomic E-state index is 0.119. The third-order valence-corrected chi connectivity index (χ3v) is 3.51. The van der Waals surface area contributed by atoms with Crippen molar-refractivity contribution in [1.82, 2.24) is 10.3 Å². The van der Waals surface area contributed by atoms with Gasteiger partial charge in [0.2, 0.25) is 0 Å². The van der Waals surface area contributed by atoms with Gasteiger partial charge in [-0.25, -0.2) is 0 Å². The molecule has 0 atom stereocenters. The van der Waals surface area contributed by atoms with E-state index in [0.29, 0.717) is 11.4 Å². The molecule has 1 aliphatic rings. The van der Waals surface area contributed by atoms with Crippen LogP contribution in [0, 0.1) is 5.92 Å². The van der Waals surface area contributed by atoms with Crippen LogP contribution in [0.4, 0.5) is 5.69 Å². The minimum atomic E-state index is -0.119. The topological polar surface area (TPSA) is 80.0 Å². The van der Waals surface area contributed by atoms with Crippen LogP contribution < -0.4 is 16.6 Å². The molecule has 1 aliphatic carbocycles. The third-order valence-electron chi connectivity index (χ3n) is 3.51. The number of nitrogens with zero attached hydrogens (tertiary/aromatic N) is 1. The van der Waals surface area contributed by atoms with Gasteiger partial charge in [-0.15, -0.1) is 0 Å². The number of hydrazine groups is 1. The monoisotopic (exact) mass is 248 g/mol. The first-order chi connectivity index (χ1) is 8.69. The molecule has 0 spiro atoms. The Morgan fingerprint density at radius 1 is 1.39 bits per heavy atom. The summed E-state index contributed by atoms with van der Waals surface area (Å²) in [5.74, 6) is 5.97. The quantitative estimate of drug-likeness (QED) is 0.561. The molecule has 0 unspecified atom stereocenters. The highest BCUT2D eigenvalue weighted by Crippen LogP contribution is 2.23. The zero-order chi connectivity index (χ0) is 13.0.